The van der Waals surface area contributed by atoms with Crippen molar-refractivity contribution in [2.75, 3.05) is 4.90 Å². The second-order valence-corrected chi connectivity index (χ2v) is 15.6. The van der Waals surface area contributed by atoms with Crippen LogP contribution in [-0.2, 0) is 0 Å². The molecule has 9 aromatic carbocycles. The van der Waals surface area contributed by atoms with Crippen molar-refractivity contribution in [2.24, 2.45) is 0 Å². The Morgan fingerprint density at radius 2 is 0.821 bits per heavy atom. The molecule has 0 spiro atoms. The quantitative estimate of drug-likeness (QED) is 0.176. The number of fused-ring (bicyclic) bond motifs is 11. The Labute approximate surface area is 325 Å². The minimum Gasteiger partial charge on any atom is -0.456 e. The van der Waals surface area contributed by atoms with E-state index in [-0.39, 0.29) is 0 Å². The van der Waals surface area contributed by atoms with E-state index in [0.717, 1.165) is 66.5 Å². The molecule has 12 aromatic rings. The van der Waals surface area contributed by atoms with E-state index in [1.165, 1.54) is 47.6 Å². The Morgan fingerprint density at radius 1 is 0.339 bits per heavy atom. The normalized spacial score (nSPS) is 11.9. The number of anilines is 3. The Hall–Kier alpha value is -7.14. The third kappa shape index (κ3) is 4.90. The van der Waals surface area contributed by atoms with E-state index in [0.29, 0.717) is 0 Å². The van der Waals surface area contributed by atoms with Gasteiger partial charge in [0.2, 0.25) is 0 Å². The summed E-state index contributed by atoms with van der Waals surface area (Å²) in [5.41, 5.74) is 10.1. The maximum atomic E-state index is 6.57. The fraction of sp³-hybridized carbons (Fsp3) is 0. The van der Waals surface area contributed by atoms with Crippen LogP contribution in [0.2, 0.25) is 0 Å². The van der Waals surface area contributed by atoms with Gasteiger partial charge in [0.25, 0.3) is 0 Å². The van der Waals surface area contributed by atoms with Gasteiger partial charge in [-0.15, -0.1) is 11.3 Å². The molecular formula is C52H31NO2S. The lowest BCUT2D eigenvalue weighted by atomic mass is 10.0. The van der Waals surface area contributed by atoms with Crippen LogP contribution < -0.4 is 4.90 Å². The molecule has 0 aliphatic carbocycles. The molecular weight excluding hydrogens is 703 g/mol. The fourth-order valence-electron chi connectivity index (χ4n) is 8.55. The highest BCUT2D eigenvalue weighted by molar-refractivity contribution is 7.22. The van der Waals surface area contributed by atoms with Crippen molar-refractivity contribution in [3.63, 3.8) is 0 Å². The van der Waals surface area contributed by atoms with Crippen LogP contribution in [0.1, 0.15) is 0 Å². The van der Waals surface area contributed by atoms with Crippen LogP contribution in [0.4, 0.5) is 17.1 Å². The van der Waals surface area contributed by atoms with Crippen LogP contribution in [0.25, 0.3) is 97.1 Å². The van der Waals surface area contributed by atoms with Gasteiger partial charge in [-0.2, -0.15) is 0 Å². The summed E-state index contributed by atoms with van der Waals surface area (Å²) >= 11 is 1.84. The zero-order valence-corrected chi connectivity index (χ0v) is 30.9. The van der Waals surface area contributed by atoms with E-state index in [1.54, 1.807) is 0 Å². The molecule has 12 rings (SSSR count). The van der Waals surface area contributed by atoms with E-state index in [4.69, 9.17) is 8.83 Å². The first kappa shape index (κ1) is 31.2. The third-order valence-electron chi connectivity index (χ3n) is 11.3. The number of hydrogen-bond acceptors (Lipinski definition) is 4. The van der Waals surface area contributed by atoms with Crippen LogP contribution in [0.5, 0.6) is 0 Å². The van der Waals surface area contributed by atoms with Gasteiger partial charge in [0.1, 0.15) is 22.3 Å². The summed E-state index contributed by atoms with van der Waals surface area (Å²) in [5.74, 6) is 0. The minimum atomic E-state index is 0.852. The van der Waals surface area contributed by atoms with Gasteiger partial charge < -0.3 is 13.7 Å². The second-order valence-electron chi connectivity index (χ2n) is 14.5. The number of thiophene rings is 1. The smallest absolute Gasteiger partial charge is 0.137 e. The topological polar surface area (TPSA) is 29.5 Å². The number of nitrogens with zero attached hydrogens (tertiary/aromatic N) is 1. The highest BCUT2D eigenvalue weighted by atomic mass is 32.1. The number of hydrogen-bond donors (Lipinski definition) is 0. The van der Waals surface area contributed by atoms with Gasteiger partial charge in [-0.25, -0.2) is 0 Å². The van der Waals surface area contributed by atoms with Crippen molar-refractivity contribution in [1.82, 2.24) is 0 Å². The predicted molar refractivity (Wildman–Crippen MR) is 237 cm³/mol. The molecule has 0 atom stereocenters. The van der Waals surface area contributed by atoms with Crippen LogP contribution in [0.15, 0.2) is 197 Å². The average Bonchev–Trinajstić information content (AvgIpc) is 3.97. The SMILES string of the molecule is c1ccc2sc(-c3ccc(-c4ccc(N(c5ccc6c(c5)oc5ccc7ccccc7c56)c5ccc6c(c5)oc5ccc7ccccc7c56)cc4)cc3)cc2c1. The largest absolute Gasteiger partial charge is 0.456 e. The summed E-state index contributed by atoms with van der Waals surface area (Å²) in [6.07, 6.45) is 0. The third-order valence-corrected chi connectivity index (χ3v) is 12.4. The van der Waals surface area contributed by atoms with Crippen molar-refractivity contribution < 1.29 is 8.83 Å². The maximum Gasteiger partial charge on any atom is 0.137 e. The van der Waals surface area contributed by atoms with Crippen molar-refractivity contribution in [2.45, 2.75) is 0 Å². The molecule has 4 heteroatoms. The molecule has 0 saturated heterocycles. The Morgan fingerprint density at radius 3 is 1.39 bits per heavy atom. The Balaban J connectivity index is 0.976. The standard InChI is InChI=1S/C52H31NO2S/c1-4-10-41-34(7-1)19-27-45-51(41)43-25-23-39(30-47(43)54-45)53(40-24-26-44-48(31-40)55-46-28-20-35-8-2-5-11-42(35)52(44)46)38-21-17-33(18-22-38)32-13-15-36(16-14-32)50-29-37-9-3-6-12-49(37)56-50/h1-31H. The minimum absolute atomic E-state index is 0.852. The number of rotatable bonds is 5. The van der Waals surface area contributed by atoms with Crippen LogP contribution >= 0.6 is 11.3 Å². The van der Waals surface area contributed by atoms with E-state index in [9.17, 15) is 0 Å². The maximum absolute atomic E-state index is 6.57. The Bertz CT molecular complexity index is 3290. The lowest BCUT2D eigenvalue weighted by Gasteiger charge is -2.25. The molecule has 3 aromatic heterocycles. The summed E-state index contributed by atoms with van der Waals surface area (Å²) in [5, 5.41) is 10.6. The van der Waals surface area contributed by atoms with Gasteiger partial charge in [-0.1, -0.05) is 115 Å². The molecule has 0 amide bonds. The molecule has 3 heterocycles. The van der Waals surface area contributed by atoms with Gasteiger partial charge in [0.05, 0.1) is 0 Å². The molecule has 262 valence electrons. The molecule has 0 bridgehead atoms. The fourth-order valence-corrected chi connectivity index (χ4v) is 9.62. The highest BCUT2D eigenvalue weighted by Crippen LogP contribution is 2.43. The van der Waals surface area contributed by atoms with Gasteiger partial charge >= 0.3 is 0 Å². The monoisotopic (exact) mass is 733 g/mol. The van der Waals surface area contributed by atoms with Gasteiger partial charge in [-0.05, 0) is 104 Å². The predicted octanol–water partition coefficient (Wildman–Crippen LogP) is 15.8. The lowest BCUT2D eigenvalue weighted by molar-refractivity contribution is 0.669. The highest BCUT2D eigenvalue weighted by Gasteiger charge is 2.19. The van der Waals surface area contributed by atoms with Gasteiger partial charge in [0.15, 0.2) is 0 Å². The van der Waals surface area contributed by atoms with Crippen molar-refractivity contribution in [3.8, 4) is 21.6 Å². The van der Waals surface area contributed by atoms with E-state index >= 15 is 0 Å². The summed E-state index contributed by atoms with van der Waals surface area (Å²) < 4.78 is 14.4. The molecule has 0 N–H and O–H groups in total. The van der Waals surface area contributed by atoms with Gasteiger partial charge in [0, 0.05) is 60.3 Å². The number of furan rings is 2. The molecule has 0 saturated carbocycles. The first-order chi connectivity index (χ1) is 27.7. The summed E-state index contributed by atoms with van der Waals surface area (Å²) in [6.45, 7) is 0. The lowest BCUT2D eigenvalue weighted by Crippen LogP contribution is -2.09. The molecule has 0 unspecified atom stereocenters. The van der Waals surface area contributed by atoms with E-state index in [1.807, 2.05) is 11.3 Å². The van der Waals surface area contributed by atoms with Crippen molar-refractivity contribution in [3.05, 3.63) is 188 Å². The molecule has 0 aliphatic rings. The zero-order chi connectivity index (χ0) is 36.7. The summed E-state index contributed by atoms with van der Waals surface area (Å²) in [6, 6.07) is 67.3. The molecule has 3 nitrogen and oxygen atoms in total. The van der Waals surface area contributed by atoms with Crippen molar-refractivity contribution >= 4 is 104 Å². The number of benzene rings is 9. The molecule has 56 heavy (non-hydrogen) atoms. The van der Waals surface area contributed by atoms with Crippen LogP contribution in [0.3, 0.4) is 0 Å². The van der Waals surface area contributed by atoms with E-state index in [2.05, 4.69) is 193 Å². The zero-order valence-electron chi connectivity index (χ0n) is 30.1. The summed E-state index contributed by atoms with van der Waals surface area (Å²) in [4.78, 5) is 3.58. The van der Waals surface area contributed by atoms with Crippen LogP contribution in [-0.4, -0.2) is 0 Å². The van der Waals surface area contributed by atoms with Crippen molar-refractivity contribution in [1.29, 1.82) is 0 Å². The average molecular weight is 734 g/mol. The first-order valence-corrected chi connectivity index (χ1v) is 19.7. The van der Waals surface area contributed by atoms with Crippen LogP contribution in [0, 0.1) is 0 Å². The van der Waals surface area contributed by atoms with Gasteiger partial charge in [-0.3, -0.25) is 0 Å². The first-order valence-electron chi connectivity index (χ1n) is 18.9. The molecule has 0 fully saturated rings. The molecule has 0 radical (unpaired) electrons. The van der Waals surface area contributed by atoms with E-state index < -0.39 is 0 Å². The molecule has 0 aliphatic heterocycles. The summed E-state index contributed by atoms with van der Waals surface area (Å²) in [7, 11) is 0. The Kier molecular flexibility index (Phi) is 6.80. The second kappa shape index (κ2) is 12.2.